The molecule has 0 saturated carbocycles. The lowest BCUT2D eigenvalue weighted by Crippen LogP contribution is -2.31. The quantitative estimate of drug-likeness (QED) is 0.508. The Morgan fingerprint density at radius 2 is 1.39 bits per heavy atom. The molecule has 0 aliphatic carbocycles. The molecule has 1 radical (unpaired) electrons. The lowest BCUT2D eigenvalue weighted by atomic mass is 10.0. The summed E-state index contributed by atoms with van der Waals surface area (Å²) < 4.78 is 11.4. The largest absolute Gasteiger partial charge is 0.493 e. The number of rotatable bonds is 9. The van der Waals surface area contributed by atoms with Crippen molar-refractivity contribution in [3.05, 3.63) is 102 Å². The van der Waals surface area contributed by atoms with Gasteiger partial charge >= 0.3 is 6.09 Å². The molecule has 3 rings (SSSR count). The molecule has 0 heterocycles. The second-order valence-electron chi connectivity index (χ2n) is 7.58. The minimum atomic E-state index is -0.946. The van der Waals surface area contributed by atoms with Gasteiger partial charge in [0.15, 0.2) is 6.10 Å². The van der Waals surface area contributed by atoms with E-state index in [4.69, 9.17) is 9.47 Å². The molecular weight excluding hydrogens is 390 g/mol. The second kappa shape index (κ2) is 11.0. The molecule has 1 atom stereocenters. The van der Waals surface area contributed by atoms with E-state index in [1.807, 2.05) is 66.9 Å². The highest BCUT2D eigenvalue weighted by atomic mass is 16.6. The summed E-state index contributed by atoms with van der Waals surface area (Å²) in [4.78, 5) is 24.2. The van der Waals surface area contributed by atoms with Crippen LogP contribution >= 0.6 is 0 Å². The molecular formula is C26H26NO4. The lowest BCUT2D eigenvalue weighted by molar-refractivity contribution is 0.115. The third kappa shape index (κ3) is 6.44. The zero-order valence-corrected chi connectivity index (χ0v) is 17.7. The van der Waals surface area contributed by atoms with Crippen molar-refractivity contribution in [3.8, 4) is 5.75 Å². The Bertz CT molecular complexity index is 916. The van der Waals surface area contributed by atoms with E-state index in [1.54, 1.807) is 24.3 Å². The molecule has 1 unspecified atom stereocenters. The van der Waals surface area contributed by atoms with Crippen molar-refractivity contribution < 1.29 is 19.1 Å². The van der Waals surface area contributed by atoms with Crippen LogP contribution in [0.3, 0.4) is 0 Å². The molecule has 0 aliphatic rings. The first kappa shape index (κ1) is 22.1. The van der Waals surface area contributed by atoms with Crippen molar-refractivity contribution in [1.82, 2.24) is 5.32 Å². The molecule has 1 N–H and O–H groups in total. The molecule has 0 saturated heterocycles. The molecule has 1 amide bonds. The summed E-state index contributed by atoms with van der Waals surface area (Å²) in [5.74, 6) is 1.12. The van der Waals surface area contributed by atoms with Gasteiger partial charge in [-0.1, -0.05) is 86.6 Å². The van der Waals surface area contributed by atoms with E-state index in [1.165, 1.54) is 0 Å². The van der Waals surface area contributed by atoms with Gasteiger partial charge in [-0.25, -0.2) is 4.79 Å². The van der Waals surface area contributed by atoms with Crippen LogP contribution in [-0.4, -0.2) is 19.0 Å². The van der Waals surface area contributed by atoms with Gasteiger partial charge in [0.05, 0.1) is 6.61 Å². The Balaban J connectivity index is 1.70. The minimum absolute atomic E-state index is 0.411. The van der Waals surface area contributed by atoms with Gasteiger partial charge in [-0.3, -0.25) is 4.79 Å². The number of hydrogen-bond donors (Lipinski definition) is 1. The standard InChI is InChI=1S/C26H26NO4/c1-19(2)18-30-23-15-13-20(14-16-23)24(17-28)27-26(29)31-25(21-9-5-3-6-10-21)22-11-7-4-8-12-22/h3-16,19,24-25H,18H2,1-2H3,(H,27,29). The fraction of sp³-hybridized carbons (Fsp3) is 0.231. The number of alkyl carbamates (subject to hydrolysis) is 1. The maximum absolute atomic E-state index is 12.7. The molecule has 5 heteroatoms. The average molecular weight is 416 g/mol. The van der Waals surface area contributed by atoms with Gasteiger partial charge in [0, 0.05) is 0 Å². The predicted octanol–water partition coefficient (Wildman–Crippen LogP) is 5.39. The fourth-order valence-corrected chi connectivity index (χ4v) is 3.04. The molecule has 5 nitrogen and oxygen atoms in total. The number of benzene rings is 3. The van der Waals surface area contributed by atoms with E-state index in [9.17, 15) is 9.59 Å². The Hall–Kier alpha value is -3.60. The van der Waals surface area contributed by atoms with Crippen LogP contribution in [0.4, 0.5) is 4.79 Å². The van der Waals surface area contributed by atoms with Crippen LogP contribution in [0.1, 0.15) is 42.7 Å². The first-order chi connectivity index (χ1) is 15.1. The van der Waals surface area contributed by atoms with Gasteiger partial charge in [-0.15, -0.1) is 0 Å². The summed E-state index contributed by atoms with van der Waals surface area (Å²) in [6.07, 6.45) is 0.571. The van der Waals surface area contributed by atoms with Gasteiger partial charge in [0.1, 0.15) is 11.8 Å². The number of nitrogens with one attached hydrogen (secondary N) is 1. The number of ether oxygens (including phenoxy) is 2. The maximum Gasteiger partial charge on any atom is 0.408 e. The molecule has 0 fully saturated rings. The van der Waals surface area contributed by atoms with E-state index < -0.39 is 18.2 Å². The molecule has 3 aromatic rings. The maximum atomic E-state index is 12.7. The molecule has 3 aromatic carbocycles. The molecule has 0 spiro atoms. The SMILES string of the molecule is CC(C)COc1ccc(C([C]=O)NC(=O)OC(c2ccccc2)c2ccccc2)cc1. The molecule has 0 aliphatic heterocycles. The minimum Gasteiger partial charge on any atom is -0.493 e. The molecule has 0 aromatic heterocycles. The van der Waals surface area contributed by atoms with E-state index in [2.05, 4.69) is 19.2 Å². The van der Waals surface area contributed by atoms with E-state index >= 15 is 0 Å². The highest BCUT2D eigenvalue weighted by Crippen LogP contribution is 2.26. The summed E-state index contributed by atoms with van der Waals surface area (Å²) in [5, 5.41) is 2.60. The van der Waals surface area contributed by atoms with Crippen molar-refractivity contribution in [1.29, 1.82) is 0 Å². The summed E-state index contributed by atoms with van der Waals surface area (Å²) >= 11 is 0. The van der Waals surface area contributed by atoms with Gasteiger partial charge in [0.2, 0.25) is 6.29 Å². The van der Waals surface area contributed by atoms with Crippen LogP contribution in [-0.2, 0) is 9.53 Å². The first-order valence-corrected chi connectivity index (χ1v) is 10.2. The van der Waals surface area contributed by atoms with Crippen molar-refractivity contribution in [2.24, 2.45) is 5.92 Å². The molecule has 0 bridgehead atoms. The molecule has 159 valence electrons. The number of carbonyl (C=O) groups is 1. The van der Waals surface area contributed by atoms with Crippen molar-refractivity contribution in [3.63, 3.8) is 0 Å². The fourth-order valence-electron chi connectivity index (χ4n) is 3.04. The summed E-state index contributed by atoms with van der Waals surface area (Å²) in [5.41, 5.74) is 2.27. The van der Waals surface area contributed by atoms with Crippen LogP contribution in [0, 0.1) is 5.92 Å². The van der Waals surface area contributed by atoms with E-state index in [0.717, 1.165) is 11.1 Å². The average Bonchev–Trinajstić information content (AvgIpc) is 2.81. The Kier molecular flexibility index (Phi) is 7.82. The van der Waals surface area contributed by atoms with E-state index in [-0.39, 0.29) is 0 Å². The zero-order chi connectivity index (χ0) is 22.1. The van der Waals surface area contributed by atoms with Crippen molar-refractivity contribution in [2.45, 2.75) is 26.0 Å². The Labute approximate surface area is 183 Å². The predicted molar refractivity (Wildman–Crippen MR) is 120 cm³/mol. The summed E-state index contributed by atoms with van der Waals surface area (Å²) in [7, 11) is 0. The Morgan fingerprint density at radius 3 is 1.87 bits per heavy atom. The normalized spacial score (nSPS) is 11.7. The van der Waals surface area contributed by atoms with Crippen LogP contribution in [0.25, 0.3) is 0 Å². The zero-order valence-electron chi connectivity index (χ0n) is 17.7. The Morgan fingerprint density at radius 1 is 0.839 bits per heavy atom. The number of hydrogen-bond acceptors (Lipinski definition) is 4. The number of amides is 1. The van der Waals surface area contributed by atoms with Gasteiger partial charge in [-0.2, -0.15) is 0 Å². The van der Waals surface area contributed by atoms with E-state index in [0.29, 0.717) is 23.8 Å². The topological polar surface area (TPSA) is 64.6 Å². The van der Waals surface area contributed by atoms with Crippen LogP contribution in [0.15, 0.2) is 84.9 Å². The first-order valence-electron chi connectivity index (χ1n) is 10.2. The van der Waals surface area contributed by atoms with Crippen LogP contribution in [0.5, 0.6) is 5.75 Å². The summed E-state index contributed by atoms with van der Waals surface area (Å²) in [6, 6.07) is 25.0. The van der Waals surface area contributed by atoms with Crippen LogP contribution < -0.4 is 10.1 Å². The number of carbonyl (C=O) groups excluding carboxylic acids is 2. The summed E-state index contributed by atoms with van der Waals surface area (Å²) in [6.45, 7) is 4.74. The van der Waals surface area contributed by atoms with Gasteiger partial charge in [0.25, 0.3) is 0 Å². The van der Waals surface area contributed by atoms with Crippen LogP contribution in [0.2, 0.25) is 0 Å². The lowest BCUT2D eigenvalue weighted by Gasteiger charge is -2.20. The second-order valence-corrected chi connectivity index (χ2v) is 7.58. The highest BCUT2D eigenvalue weighted by molar-refractivity contribution is 5.75. The van der Waals surface area contributed by atoms with Gasteiger partial charge < -0.3 is 14.8 Å². The monoisotopic (exact) mass is 416 g/mol. The van der Waals surface area contributed by atoms with Gasteiger partial charge in [-0.05, 0) is 34.7 Å². The highest BCUT2D eigenvalue weighted by Gasteiger charge is 2.22. The van der Waals surface area contributed by atoms with Crippen molar-refractivity contribution >= 4 is 12.4 Å². The smallest absolute Gasteiger partial charge is 0.408 e. The third-order valence-electron chi connectivity index (χ3n) is 4.61. The van der Waals surface area contributed by atoms with Crippen molar-refractivity contribution in [2.75, 3.05) is 6.61 Å². The third-order valence-corrected chi connectivity index (χ3v) is 4.61. The molecule has 31 heavy (non-hydrogen) atoms.